The molecule has 0 heterocycles. The second-order valence-corrected chi connectivity index (χ2v) is 4.73. The van der Waals surface area contributed by atoms with Crippen LogP contribution in [0.5, 0.6) is 0 Å². The van der Waals surface area contributed by atoms with Gasteiger partial charge in [-0.3, -0.25) is 4.79 Å². The first-order chi connectivity index (χ1) is 9.82. The summed E-state index contributed by atoms with van der Waals surface area (Å²) in [7, 11) is 0. The number of ether oxygens (including phenoxy) is 2. The highest BCUT2D eigenvalue weighted by Crippen LogP contribution is 1.94. The van der Waals surface area contributed by atoms with E-state index in [2.05, 4.69) is 11.9 Å². The van der Waals surface area contributed by atoms with Crippen LogP contribution in [0.15, 0.2) is 24.3 Å². The molecule has 0 saturated heterocycles. The summed E-state index contributed by atoms with van der Waals surface area (Å²) in [5.41, 5.74) is 0.458. The Morgan fingerprint density at radius 2 is 1.76 bits per heavy atom. The van der Waals surface area contributed by atoms with Crippen molar-refractivity contribution >= 4 is 17.8 Å². The Kier molecular flexibility index (Phi) is 9.58. The van der Waals surface area contributed by atoms with Gasteiger partial charge in [-0.05, 0) is 33.6 Å². The van der Waals surface area contributed by atoms with Crippen LogP contribution in [0.4, 0.5) is 0 Å². The number of carbonyl (C=O) groups is 3. The van der Waals surface area contributed by atoms with Gasteiger partial charge in [0.25, 0.3) is 0 Å². The van der Waals surface area contributed by atoms with Gasteiger partial charge in [-0.25, -0.2) is 9.59 Å². The molecule has 0 spiro atoms. The molecule has 0 aromatic heterocycles. The fourth-order valence-corrected chi connectivity index (χ4v) is 1.21. The molecule has 0 aliphatic carbocycles. The van der Waals surface area contributed by atoms with Crippen LogP contribution in [0, 0.1) is 0 Å². The third-order valence-electron chi connectivity index (χ3n) is 2.20. The van der Waals surface area contributed by atoms with Gasteiger partial charge in [0.15, 0.2) is 0 Å². The second-order valence-electron chi connectivity index (χ2n) is 4.73. The molecule has 1 N–H and O–H groups in total. The van der Waals surface area contributed by atoms with Gasteiger partial charge in [-0.15, -0.1) is 0 Å². The zero-order valence-corrected chi connectivity index (χ0v) is 12.8. The highest BCUT2D eigenvalue weighted by Gasteiger charge is 2.03. The highest BCUT2D eigenvalue weighted by atomic mass is 16.5. The van der Waals surface area contributed by atoms with Crippen molar-refractivity contribution in [3.05, 3.63) is 24.3 Å². The normalized spacial score (nSPS) is 10.5. The molecule has 6 heteroatoms. The molecular formula is C15H23NO5. The van der Waals surface area contributed by atoms with Crippen molar-refractivity contribution in [3.8, 4) is 0 Å². The van der Waals surface area contributed by atoms with Crippen molar-refractivity contribution < 1.29 is 23.9 Å². The summed E-state index contributed by atoms with van der Waals surface area (Å²) < 4.78 is 9.71. The summed E-state index contributed by atoms with van der Waals surface area (Å²) in [4.78, 5) is 33.6. The molecule has 0 aromatic rings. The quantitative estimate of drug-likeness (QED) is 0.396. The third kappa shape index (κ3) is 11.4. The number of hydrogen-bond acceptors (Lipinski definition) is 5. The molecule has 6 nitrogen and oxygen atoms in total. The van der Waals surface area contributed by atoms with Gasteiger partial charge in [0.1, 0.15) is 0 Å². The Morgan fingerprint density at radius 1 is 1.14 bits per heavy atom. The van der Waals surface area contributed by atoms with E-state index in [1.165, 1.54) is 0 Å². The molecular weight excluding hydrogens is 274 g/mol. The van der Waals surface area contributed by atoms with E-state index in [9.17, 15) is 14.4 Å². The fourth-order valence-electron chi connectivity index (χ4n) is 1.21. The lowest BCUT2D eigenvalue weighted by atomic mass is 10.3. The Balaban J connectivity index is 3.67. The zero-order chi connectivity index (χ0) is 16.3. The SMILES string of the molecule is C=C(C)C(=O)NCCCCOC(=O)/C=C/C(=O)OC(C)C. The number of nitrogens with one attached hydrogen (secondary N) is 1. The lowest BCUT2D eigenvalue weighted by Gasteiger charge is -2.05. The lowest BCUT2D eigenvalue weighted by molar-refractivity contribution is -0.142. The summed E-state index contributed by atoms with van der Waals surface area (Å²) >= 11 is 0. The fraction of sp³-hybridized carbons (Fsp3) is 0.533. The van der Waals surface area contributed by atoms with E-state index in [0.717, 1.165) is 12.2 Å². The van der Waals surface area contributed by atoms with E-state index in [0.29, 0.717) is 25.0 Å². The van der Waals surface area contributed by atoms with Gasteiger partial charge < -0.3 is 14.8 Å². The topological polar surface area (TPSA) is 81.7 Å². The number of hydrogen-bond donors (Lipinski definition) is 1. The van der Waals surface area contributed by atoms with Crippen LogP contribution in [0.1, 0.15) is 33.6 Å². The molecule has 1 amide bonds. The number of esters is 2. The summed E-state index contributed by atoms with van der Waals surface area (Å²) in [5.74, 6) is -1.36. The first-order valence-electron chi connectivity index (χ1n) is 6.82. The van der Waals surface area contributed by atoms with Gasteiger partial charge in [-0.1, -0.05) is 6.58 Å². The summed E-state index contributed by atoms with van der Waals surface area (Å²) in [6.45, 7) is 9.32. The van der Waals surface area contributed by atoms with Crippen molar-refractivity contribution in [2.24, 2.45) is 0 Å². The third-order valence-corrected chi connectivity index (χ3v) is 2.20. The number of carbonyl (C=O) groups excluding carboxylic acids is 3. The molecule has 0 rings (SSSR count). The van der Waals surface area contributed by atoms with Gasteiger partial charge in [0, 0.05) is 24.3 Å². The summed E-state index contributed by atoms with van der Waals surface area (Å²) in [6, 6.07) is 0. The van der Waals surface area contributed by atoms with E-state index >= 15 is 0 Å². The van der Waals surface area contributed by atoms with Crippen molar-refractivity contribution in [2.75, 3.05) is 13.2 Å². The smallest absolute Gasteiger partial charge is 0.331 e. The van der Waals surface area contributed by atoms with Crippen LogP contribution in [0.2, 0.25) is 0 Å². The van der Waals surface area contributed by atoms with Crippen LogP contribution >= 0.6 is 0 Å². The Bertz CT molecular complexity index is 412. The van der Waals surface area contributed by atoms with E-state index in [4.69, 9.17) is 9.47 Å². The predicted molar refractivity (Wildman–Crippen MR) is 78.4 cm³/mol. The largest absolute Gasteiger partial charge is 0.463 e. The van der Waals surface area contributed by atoms with Crippen LogP contribution in [-0.4, -0.2) is 37.1 Å². The van der Waals surface area contributed by atoms with Crippen molar-refractivity contribution in [2.45, 2.75) is 39.7 Å². The minimum Gasteiger partial charge on any atom is -0.463 e. The Morgan fingerprint density at radius 3 is 2.33 bits per heavy atom. The predicted octanol–water partition coefficient (Wildman–Crippen LogP) is 1.51. The molecule has 0 fully saturated rings. The van der Waals surface area contributed by atoms with Gasteiger partial charge in [-0.2, -0.15) is 0 Å². The van der Waals surface area contributed by atoms with Crippen molar-refractivity contribution in [3.63, 3.8) is 0 Å². The molecule has 0 aromatic carbocycles. The minimum atomic E-state index is -0.596. The highest BCUT2D eigenvalue weighted by molar-refractivity contribution is 5.92. The van der Waals surface area contributed by atoms with Crippen LogP contribution in [0.25, 0.3) is 0 Å². The lowest BCUT2D eigenvalue weighted by Crippen LogP contribution is -2.24. The monoisotopic (exact) mass is 297 g/mol. The first-order valence-corrected chi connectivity index (χ1v) is 6.82. The average molecular weight is 297 g/mol. The number of amides is 1. The van der Waals surface area contributed by atoms with E-state index in [-0.39, 0.29) is 18.6 Å². The van der Waals surface area contributed by atoms with Crippen LogP contribution < -0.4 is 5.32 Å². The van der Waals surface area contributed by atoms with Crippen LogP contribution in [0.3, 0.4) is 0 Å². The molecule has 0 saturated carbocycles. The maximum atomic E-state index is 11.3. The van der Waals surface area contributed by atoms with Crippen molar-refractivity contribution in [1.82, 2.24) is 5.32 Å². The van der Waals surface area contributed by atoms with E-state index < -0.39 is 11.9 Å². The van der Waals surface area contributed by atoms with Crippen LogP contribution in [-0.2, 0) is 23.9 Å². The number of rotatable bonds is 9. The van der Waals surface area contributed by atoms with Crippen molar-refractivity contribution in [1.29, 1.82) is 0 Å². The molecule has 0 aliphatic rings. The summed E-state index contributed by atoms with van der Waals surface area (Å²) in [5, 5.41) is 2.67. The maximum absolute atomic E-state index is 11.3. The second kappa shape index (κ2) is 10.7. The van der Waals surface area contributed by atoms with E-state index in [1.807, 2.05) is 0 Å². The minimum absolute atomic E-state index is 0.182. The Labute approximate surface area is 125 Å². The van der Waals surface area contributed by atoms with Gasteiger partial charge in [0.2, 0.25) is 5.91 Å². The van der Waals surface area contributed by atoms with Gasteiger partial charge >= 0.3 is 11.9 Å². The first kappa shape index (κ1) is 18.9. The molecule has 0 bridgehead atoms. The Hall–Kier alpha value is -2.11. The maximum Gasteiger partial charge on any atom is 0.331 e. The average Bonchev–Trinajstić information content (AvgIpc) is 2.39. The summed E-state index contributed by atoms with van der Waals surface area (Å²) in [6.07, 6.45) is 3.15. The number of unbranched alkanes of at least 4 members (excludes halogenated alkanes) is 1. The molecule has 0 aliphatic heterocycles. The molecule has 0 unspecified atom stereocenters. The molecule has 118 valence electrons. The molecule has 0 atom stereocenters. The standard InChI is InChI=1S/C15H23NO5/c1-11(2)15(19)16-9-5-6-10-20-13(17)7-8-14(18)21-12(3)4/h7-8,12H,1,5-6,9-10H2,2-4H3,(H,16,19)/b8-7+. The van der Waals surface area contributed by atoms with Gasteiger partial charge in [0.05, 0.1) is 12.7 Å². The molecule has 0 radical (unpaired) electrons. The zero-order valence-electron chi connectivity index (χ0n) is 12.8. The van der Waals surface area contributed by atoms with E-state index in [1.54, 1.807) is 20.8 Å². The molecule has 21 heavy (non-hydrogen) atoms.